The number of nitrogens with zero attached hydrogens (tertiary/aromatic N) is 2. The number of benzene rings is 3. The van der Waals surface area contributed by atoms with Gasteiger partial charge in [0.05, 0.1) is 26.0 Å². The molecule has 158 valence electrons. The SMILES string of the molecule is COc1ccc([C@H]2Oc3ccc(Cl)cc3[C@H]3CC(c4ccc(F)cc4)=NN32)cc1OC. The topological polar surface area (TPSA) is 43.3 Å². The highest BCUT2D eigenvalue weighted by atomic mass is 35.5. The molecule has 0 saturated heterocycles. The number of halogens is 2. The average Bonchev–Trinajstić information content (AvgIpc) is 3.24. The van der Waals surface area contributed by atoms with Gasteiger partial charge in [0.1, 0.15) is 11.6 Å². The van der Waals surface area contributed by atoms with Gasteiger partial charge in [0, 0.05) is 22.6 Å². The van der Waals surface area contributed by atoms with E-state index in [0.29, 0.717) is 22.9 Å². The van der Waals surface area contributed by atoms with Crippen molar-refractivity contribution in [2.45, 2.75) is 18.7 Å². The van der Waals surface area contributed by atoms with Crippen molar-refractivity contribution >= 4 is 17.3 Å². The minimum Gasteiger partial charge on any atom is -0.493 e. The third-order valence-corrected chi connectivity index (χ3v) is 5.86. The lowest BCUT2D eigenvalue weighted by Gasteiger charge is -2.38. The van der Waals surface area contributed by atoms with Gasteiger partial charge in [-0.1, -0.05) is 23.7 Å². The molecule has 5 nitrogen and oxygen atoms in total. The molecule has 0 bridgehead atoms. The Morgan fingerprint density at radius 3 is 2.52 bits per heavy atom. The summed E-state index contributed by atoms with van der Waals surface area (Å²) < 4.78 is 30.6. The molecule has 0 radical (unpaired) electrons. The Balaban J connectivity index is 1.60. The summed E-state index contributed by atoms with van der Waals surface area (Å²) in [4.78, 5) is 0. The van der Waals surface area contributed by atoms with Gasteiger partial charge in [-0.05, 0) is 54.1 Å². The minimum atomic E-state index is -0.462. The standard InChI is InChI=1S/C24H20ClFN2O3/c1-29-22-9-5-15(11-23(22)30-2)24-28-20(18-12-16(25)6-10-21(18)31-24)13-19(27-28)14-3-7-17(26)8-4-14/h3-12,20,24H,13H2,1-2H3/t20-,24-/m1/s1. The second-order valence-electron chi connectivity index (χ2n) is 7.42. The molecule has 3 aromatic rings. The molecule has 5 rings (SSSR count). The molecule has 0 aromatic heterocycles. The molecule has 0 N–H and O–H groups in total. The molecule has 7 heteroatoms. The van der Waals surface area contributed by atoms with Crippen LogP contribution in [-0.2, 0) is 0 Å². The van der Waals surface area contributed by atoms with Crippen molar-refractivity contribution in [3.63, 3.8) is 0 Å². The zero-order valence-corrected chi connectivity index (χ0v) is 17.8. The predicted octanol–water partition coefficient (Wildman–Crippen LogP) is 5.74. The maximum absolute atomic E-state index is 13.4. The van der Waals surface area contributed by atoms with Crippen LogP contribution < -0.4 is 14.2 Å². The quantitative estimate of drug-likeness (QED) is 0.521. The van der Waals surface area contributed by atoms with Gasteiger partial charge in [-0.3, -0.25) is 0 Å². The summed E-state index contributed by atoms with van der Waals surface area (Å²) in [6.07, 6.45) is 0.197. The van der Waals surface area contributed by atoms with Crippen LogP contribution in [0.15, 0.2) is 65.8 Å². The third-order valence-electron chi connectivity index (χ3n) is 5.62. The van der Waals surface area contributed by atoms with Gasteiger partial charge in [-0.25, -0.2) is 9.40 Å². The number of hydrogen-bond donors (Lipinski definition) is 0. The lowest BCUT2D eigenvalue weighted by molar-refractivity contribution is -0.0191. The van der Waals surface area contributed by atoms with Crippen LogP contribution in [0.5, 0.6) is 17.2 Å². The Kier molecular flexibility index (Phi) is 4.94. The fourth-order valence-electron chi connectivity index (χ4n) is 4.10. The first kappa shape index (κ1) is 19.7. The van der Waals surface area contributed by atoms with Crippen LogP contribution in [0.4, 0.5) is 4.39 Å². The highest BCUT2D eigenvalue weighted by molar-refractivity contribution is 6.30. The molecule has 0 unspecified atom stereocenters. The highest BCUT2D eigenvalue weighted by Crippen LogP contribution is 2.48. The number of methoxy groups -OCH3 is 2. The largest absolute Gasteiger partial charge is 0.493 e. The van der Waals surface area contributed by atoms with Crippen molar-refractivity contribution in [1.29, 1.82) is 0 Å². The summed E-state index contributed by atoms with van der Waals surface area (Å²) in [5.41, 5.74) is 3.61. The van der Waals surface area contributed by atoms with Gasteiger partial charge in [0.15, 0.2) is 11.5 Å². The first-order valence-corrected chi connectivity index (χ1v) is 10.2. The van der Waals surface area contributed by atoms with E-state index < -0.39 is 6.23 Å². The lowest BCUT2D eigenvalue weighted by Crippen LogP contribution is -2.33. The lowest BCUT2D eigenvalue weighted by atomic mass is 9.96. The van der Waals surface area contributed by atoms with Crippen molar-refractivity contribution in [3.8, 4) is 17.2 Å². The van der Waals surface area contributed by atoms with Crippen LogP contribution in [0.25, 0.3) is 0 Å². The number of rotatable bonds is 4. The van der Waals surface area contributed by atoms with Crippen LogP contribution in [-0.4, -0.2) is 24.9 Å². The van der Waals surface area contributed by atoms with Crippen molar-refractivity contribution in [2.24, 2.45) is 5.10 Å². The van der Waals surface area contributed by atoms with E-state index in [1.165, 1.54) is 12.1 Å². The Morgan fingerprint density at radius 1 is 1.00 bits per heavy atom. The van der Waals surface area contributed by atoms with Crippen molar-refractivity contribution in [2.75, 3.05) is 14.2 Å². The van der Waals surface area contributed by atoms with E-state index in [4.69, 9.17) is 30.9 Å². The highest BCUT2D eigenvalue weighted by Gasteiger charge is 2.41. The maximum atomic E-state index is 13.4. The molecule has 0 fully saturated rings. The van der Waals surface area contributed by atoms with E-state index in [1.54, 1.807) is 26.4 Å². The summed E-state index contributed by atoms with van der Waals surface area (Å²) in [5, 5.41) is 7.47. The van der Waals surface area contributed by atoms with Gasteiger partial charge in [0.2, 0.25) is 6.23 Å². The molecule has 0 spiro atoms. The van der Waals surface area contributed by atoms with Crippen LogP contribution in [0.1, 0.15) is 35.4 Å². The van der Waals surface area contributed by atoms with Gasteiger partial charge < -0.3 is 14.2 Å². The summed E-state index contributed by atoms with van der Waals surface area (Å²) >= 11 is 6.28. The van der Waals surface area contributed by atoms with E-state index in [0.717, 1.165) is 28.2 Å². The van der Waals surface area contributed by atoms with E-state index >= 15 is 0 Å². The van der Waals surface area contributed by atoms with Crippen LogP contribution in [0, 0.1) is 5.82 Å². The summed E-state index contributed by atoms with van der Waals surface area (Å²) in [6, 6.07) is 17.6. The fraction of sp³-hybridized carbons (Fsp3) is 0.208. The monoisotopic (exact) mass is 438 g/mol. The van der Waals surface area contributed by atoms with Crippen molar-refractivity contribution in [3.05, 3.63) is 88.2 Å². The molecule has 2 aliphatic rings. The Hall–Kier alpha value is -3.25. The molecule has 0 amide bonds. The van der Waals surface area contributed by atoms with Gasteiger partial charge in [-0.15, -0.1) is 0 Å². The number of ether oxygens (including phenoxy) is 3. The first-order valence-electron chi connectivity index (χ1n) is 9.87. The molecule has 31 heavy (non-hydrogen) atoms. The van der Waals surface area contributed by atoms with Crippen LogP contribution >= 0.6 is 11.6 Å². The molecule has 3 aromatic carbocycles. The second kappa shape index (κ2) is 7.78. The van der Waals surface area contributed by atoms with Gasteiger partial charge >= 0.3 is 0 Å². The second-order valence-corrected chi connectivity index (χ2v) is 7.86. The predicted molar refractivity (Wildman–Crippen MR) is 117 cm³/mol. The molecule has 0 aliphatic carbocycles. The molecule has 2 heterocycles. The molecular weight excluding hydrogens is 419 g/mol. The summed E-state index contributed by atoms with van der Waals surface area (Å²) in [5.74, 6) is 1.75. The maximum Gasteiger partial charge on any atom is 0.214 e. The average molecular weight is 439 g/mol. The summed E-state index contributed by atoms with van der Waals surface area (Å²) in [7, 11) is 3.20. The van der Waals surface area contributed by atoms with E-state index in [-0.39, 0.29) is 11.9 Å². The normalized spacial score (nSPS) is 19.2. The zero-order chi connectivity index (χ0) is 21.5. The summed E-state index contributed by atoms with van der Waals surface area (Å²) in [6.45, 7) is 0. The van der Waals surface area contributed by atoms with E-state index in [2.05, 4.69) is 0 Å². The molecular formula is C24H20ClFN2O3. The molecule has 2 atom stereocenters. The number of hydrazone groups is 1. The smallest absolute Gasteiger partial charge is 0.214 e. The molecule has 2 aliphatic heterocycles. The Morgan fingerprint density at radius 2 is 1.77 bits per heavy atom. The van der Waals surface area contributed by atoms with Crippen LogP contribution in [0.3, 0.4) is 0 Å². The van der Waals surface area contributed by atoms with Crippen LogP contribution in [0.2, 0.25) is 5.02 Å². The number of hydrogen-bond acceptors (Lipinski definition) is 5. The molecule has 0 saturated carbocycles. The van der Waals surface area contributed by atoms with E-state index in [9.17, 15) is 4.39 Å². The minimum absolute atomic E-state index is 0.0550. The Labute approximate surface area is 184 Å². The third kappa shape index (κ3) is 3.47. The van der Waals surface area contributed by atoms with Crippen molar-refractivity contribution < 1.29 is 18.6 Å². The first-order chi connectivity index (χ1) is 15.1. The fourth-order valence-corrected chi connectivity index (χ4v) is 4.28. The van der Waals surface area contributed by atoms with E-state index in [1.807, 2.05) is 41.4 Å². The zero-order valence-electron chi connectivity index (χ0n) is 17.0. The van der Waals surface area contributed by atoms with Crippen molar-refractivity contribution in [1.82, 2.24) is 5.01 Å². The number of fused-ring (bicyclic) bond motifs is 3. The Bertz CT molecular complexity index is 1170. The van der Waals surface area contributed by atoms with Gasteiger partial charge in [0.25, 0.3) is 0 Å². The van der Waals surface area contributed by atoms with Gasteiger partial charge in [-0.2, -0.15) is 5.10 Å².